The van der Waals surface area contributed by atoms with Crippen LogP contribution in [0.4, 0.5) is 13.2 Å². The number of phenols is 1. The standard InChI is InChI=1S/C24H22F3NO5S/c25-24(26,27)34(31,32)22-14-20(29)12-11-19(22)13-21(28-15-17-7-3-1-4-8-17)23(30)33-16-18-9-5-2-6-10-18/h1-12,14,21,28-29H,13,15-16H2/t21-/m0/s1. The monoisotopic (exact) mass is 493 g/mol. The van der Waals surface area contributed by atoms with Crippen LogP contribution in [-0.4, -0.2) is 31.0 Å². The van der Waals surface area contributed by atoms with Gasteiger partial charge in [-0.15, -0.1) is 0 Å². The van der Waals surface area contributed by atoms with E-state index in [9.17, 15) is 31.5 Å². The van der Waals surface area contributed by atoms with Crippen LogP contribution >= 0.6 is 0 Å². The minimum absolute atomic E-state index is 0.0630. The first-order chi connectivity index (χ1) is 16.1. The van der Waals surface area contributed by atoms with Crippen LogP contribution in [0, 0.1) is 0 Å². The van der Waals surface area contributed by atoms with E-state index in [1.807, 2.05) is 0 Å². The molecule has 3 aromatic carbocycles. The molecule has 0 amide bonds. The van der Waals surface area contributed by atoms with Crippen molar-refractivity contribution in [3.63, 3.8) is 0 Å². The van der Waals surface area contributed by atoms with Crippen molar-refractivity contribution in [3.8, 4) is 5.75 Å². The van der Waals surface area contributed by atoms with Crippen LogP contribution in [0.5, 0.6) is 5.75 Å². The summed E-state index contributed by atoms with van der Waals surface area (Å²) in [5, 5.41) is 12.6. The predicted molar refractivity (Wildman–Crippen MR) is 118 cm³/mol. The van der Waals surface area contributed by atoms with Gasteiger partial charge < -0.3 is 15.2 Å². The van der Waals surface area contributed by atoms with Crippen LogP contribution in [0.3, 0.4) is 0 Å². The van der Waals surface area contributed by atoms with Crippen LogP contribution in [0.25, 0.3) is 0 Å². The Morgan fingerprint density at radius 2 is 1.53 bits per heavy atom. The SMILES string of the molecule is O=C(OCc1ccccc1)[C@H](Cc1ccc(O)cc1S(=O)(=O)C(F)(F)F)NCc1ccccc1. The number of sulfone groups is 1. The van der Waals surface area contributed by atoms with Gasteiger partial charge in [0.2, 0.25) is 0 Å². The lowest BCUT2D eigenvalue weighted by molar-refractivity contribution is -0.147. The summed E-state index contributed by atoms with van der Waals surface area (Å²) < 4.78 is 69.2. The van der Waals surface area contributed by atoms with E-state index in [1.165, 1.54) is 0 Å². The number of hydrogen-bond donors (Lipinski definition) is 2. The molecule has 1 atom stereocenters. The Kier molecular flexibility index (Phi) is 7.95. The van der Waals surface area contributed by atoms with Gasteiger partial charge >= 0.3 is 11.5 Å². The molecule has 34 heavy (non-hydrogen) atoms. The molecule has 0 aliphatic carbocycles. The molecule has 3 aromatic rings. The number of alkyl halides is 3. The van der Waals surface area contributed by atoms with Crippen molar-refractivity contribution in [1.82, 2.24) is 5.32 Å². The number of benzene rings is 3. The van der Waals surface area contributed by atoms with Gasteiger partial charge in [0, 0.05) is 6.54 Å². The molecule has 0 bridgehead atoms. The molecule has 180 valence electrons. The highest BCUT2D eigenvalue weighted by atomic mass is 32.2. The van der Waals surface area contributed by atoms with Crippen molar-refractivity contribution < 1.29 is 36.2 Å². The van der Waals surface area contributed by atoms with E-state index in [0.29, 0.717) is 11.6 Å². The predicted octanol–water partition coefficient (Wildman–Crippen LogP) is 4.13. The first-order valence-corrected chi connectivity index (χ1v) is 11.7. The second-order valence-electron chi connectivity index (χ2n) is 7.46. The second kappa shape index (κ2) is 10.7. The molecule has 0 aliphatic heterocycles. The summed E-state index contributed by atoms with van der Waals surface area (Å²) in [6.07, 6.45) is -0.411. The zero-order chi connectivity index (χ0) is 24.8. The van der Waals surface area contributed by atoms with Gasteiger partial charge in [0.1, 0.15) is 18.4 Å². The number of esters is 1. The molecule has 2 N–H and O–H groups in total. The quantitative estimate of drug-likeness (QED) is 0.436. The summed E-state index contributed by atoms with van der Waals surface area (Å²) in [6, 6.07) is 19.3. The van der Waals surface area contributed by atoms with Crippen LogP contribution < -0.4 is 5.32 Å². The highest BCUT2D eigenvalue weighted by Gasteiger charge is 2.48. The number of halogens is 3. The summed E-state index contributed by atoms with van der Waals surface area (Å²) in [4.78, 5) is 11.8. The fraction of sp³-hybridized carbons (Fsp3) is 0.208. The molecule has 0 unspecified atom stereocenters. The van der Waals surface area contributed by atoms with E-state index < -0.39 is 44.4 Å². The van der Waals surface area contributed by atoms with Crippen LogP contribution in [0.2, 0.25) is 0 Å². The van der Waals surface area contributed by atoms with Crippen molar-refractivity contribution in [1.29, 1.82) is 0 Å². The molecule has 3 rings (SSSR count). The fourth-order valence-corrected chi connectivity index (χ4v) is 4.23. The highest BCUT2D eigenvalue weighted by Crippen LogP contribution is 2.34. The molecule has 10 heteroatoms. The van der Waals surface area contributed by atoms with Gasteiger partial charge in [-0.3, -0.25) is 4.79 Å². The zero-order valence-corrected chi connectivity index (χ0v) is 18.6. The third-order valence-corrected chi connectivity index (χ3v) is 6.54. The number of phenolic OH excluding ortho intramolecular Hbond substituents is 1. The maximum absolute atomic E-state index is 13.2. The number of hydrogen-bond acceptors (Lipinski definition) is 6. The third kappa shape index (κ3) is 6.36. The number of carbonyl (C=O) groups excluding carboxylic acids is 1. The van der Waals surface area contributed by atoms with E-state index in [1.54, 1.807) is 60.7 Å². The molecule has 0 fully saturated rings. The topological polar surface area (TPSA) is 92.7 Å². The lowest BCUT2D eigenvalue weighted by atomic mass is 10.0. The largest absolute Gasteiger partial charge is 0.508 e. The van der Waals surface area contributed by atoms with Crippen LogP contribution in [-0.2, 0) is 38.9 Å². The van der Waals surface area contributed by atoms with Crippen molar-refractivity contribution in [2.24, 2.45) is 0 Å². The smallest absolute Gasteiger partial charge is 0.501 e. The number of nitrogens with one attached hydrogen (secondary N) is 1. The average Bonchev–Trinajstić information content (AvgIpc) is 2.81. The fourth-order valence-electron chi connectivity index (χ4n) is 3.21. The molecule has 0 heterocycles. The van der Waals surface area contributed by atoms with Gasteiger partial charge in [0.25, 0.3) is 9.84 Å². The van der Waals surface area contributed by atoms with Gasteiger partial charge in [-0.25, -0.2) is 8.42 Å². The minimum atomic E-state index is -5.76. The van der Waals surface area contributed by atoms with Crippen molar-refractivity contribution in [2.45, 2.75) is 36.0 Å². The average molecular weight is 494 g/mol. The Labute approximate surface area is 194 Å². The number of carbonyl (C=O) groups is 1. The normalized spacial score (nSPS) is 12.8. The van der Waals surface area contributed by atoms with Crippen LogP contribution in [0.15, 0.2) is 83.8 Å². The molecular weight excluding hydrogens is 471 g/mol. The maximum atomic E-state index is 13.2. The van der Waals surface area contributed by atoms with Gasteiger partial charge in [-0.1, -0.05) is 66.7 Å². The lowest BCUT2D eigenvalue weighted by Gasteiger charge is -2.20. The summed E-state index contributed by atoms with van der Waals surface area (Å²) in [5.74, 6) is -1.41. The molecule has 0 saturated carbocycles. The highest BCUT2D eigenvalue weighted by molar-refractivity contribution is 7.92. The van der Waals surface area contributed by atoms with E-state index in [2.05, 4.69) is 5.32 Å². The summed E-state index contributed by atoms with van der Waals surface area (Å²) in [6.45, 7) is 0.123. The molecule has 6 nitrogen and oxygen atoms in total. The summed E-state index contributed by atoms with van der Waals surface area (Å²) >= 11 is 0. The number of rotatable bonds is 9. The third-order valence-electron chi connectivity index (χ3n) is 4.97. The summed E-state index contributed by atoms with van der Waals surface area (Å²) in [5.41, 5.74) is -4.34. The van der Waals surface area contributed by atoms with Gasteiger partial charge in [-0.05, 0) is 35.2 Å². The van der Waals surface area contributed by atoms with E-state index >= 15 is 0 Å². The van der Waals surface area contributed by atoms with E-state index in [0.717, 1.165) is 17.7 Å². The Balaban J connectivity index is 1.88. The molecule has 0 aliphatic rings. The zero-order valence-electron chi connectivity index (χ0n) is 17.8. The summed E-state index contributed by atoms with van der Waals surface area (Å²) in [7, 11) is -5.76. The lowest BCUT2D eigenvalue weighted by Crippen LogP contribution is -2.40. The van der Waals surface area contributed by atoms with E-state index in [-0.39, 0.29) is 18.7 Å². The van der Waals surface area contributed by atoms with Gasteiger partial charge in [-0.2, -0.15) is 13.2 Å². The van der Waals surface area contributed by atoms with E-state index in [4.69, 9.17) is 4.74 Å². The first kappa shape index (κ1) is 25.3. The molecule has 0 aromatic heterocycles. The van der Waals surface area contributed by atoms with Crippen molar-refractivity contribution in [3.05, 3.63) is 95.6 Å². The Hall–Kier alpha value is -3.37. The van der Waals surface area contributed by atoms with Gasteiger partial charge in [0.05, 0.1) is 4.90 Å². The molecular formula is C24H22F3NO5S. The maximum Gasteiger partial charge on any atom is 0.501 e. The minimum Gasteiger partial charge on any atom is -0.508 e. The Morgan fingerprint density at radius 1 is 0.941 bits per heavy atom. The number of aromatic hydroxyl groups is 1. The molecule has 0 saturated heterocycles. The Bertz CT molecular complexity index is 1220. The Morgan fingerprint density at radius 3 is 2.12 bits per heavy atom. The van der Waals surface area contributed by atoms with Crippen LogP contribution in [0.1, 0.15) is 16.7 Å². The van der Waals surface area contributed by atoms with Crippen molar-refractivity contribution in [2.75, 3.05) is 0 Å². The number of ether oxygens (including phenoxy) is 1. The first-order valence-electron chi connectivity index (χ1n) is 10.2. The molecule has 0 spiro atoms. The van der Waals surface area contributed by atoms with Gasteiger partial charge in [0.15, 0.2) is 0 Å². The van der Waals surface area contributed by atoms with Crippen molar-refractivity contribution >= 4 is 15.8 Å². The molecule has 0 radical (unpaired) electrons. The second-order valence-corrected chi connectivity index (χ2v) is 9.37.